The topological polar surface area (TPSA) is 68.0 Å². The molecule has 1 unspecified atom stereocenters. The smallest absolute Gasteiger partial charge is 0.241 e. The van der Waals surface area contributed by atoms with Gasteiger partial charge in [-0.3, -0.25) is 9.78 Å². The lowest BCUT2D eigenvalue weighted by molar-refractivity contribution is -0.117. The van der Waals surface area contributed by atoms with Crippen molar-refractivity contribution in [1.29, 1.82) is 0 Å². The molecular weight excluding hydrogens is 238 g/mol. The molecule has 1 aromatic heterocycles. The lowest BCUT2D eigenvalue weighted by Crippen LogP contribution is -2.37. The second kappa shape index (κ2) is 6.66. The third kappa shape index (κ3) is 4.03. The molecule has 0 aromatic carbocycles. The van der Waals surface area contributed by atoms with Crippen LogP contribution in [0.25, 0.3) is 0 Å². The maximum absolute atomic E-state index is 12.1. The van der Waals surface area contributed by atoms with Crippen LogP contribution in [0.15, 0.2) is 18.5 Å². The average Bonchev–Trinajstić information content (AvgIpc) is 2.42. The Morgan fingerprint density at radius 3 is 2.89 bits per heavy atom. The first-order chi connectivity index (χ1) is 9.16. The number of carbonyl (C=O) groups excluding carboxylic acids is 1. The maximum atomic E-state index is 12.1. The molecule has 1 fully saturated rings. The molecule has 1 aliphatic rings. The Morgan fingerprint density at radius 1 is 1.47 bits per heavy atom. The van der Waals surface area contributed by atoms with Gasteiger partial charge in [0.25, 0.3) is 0 Å². The fourth-order valence-electron chi connectivity index (χ4n) is 2.73. The summed E-state index contributed by atoms with van der Waals surface area (Å²) in [5, 5.41) is 2.90. The summed E-state index contributed by atoms with van der Waals surface area (Å²) in [5.74, 6) is 0.535. The molecule has 4 heteroatoms. The lowest BCUT2D eigenvalue weighted by Gasteiger charge is -2.24. The van der Waals surface area contributed by atoms with E-state index < -0.39 is 6.04 Å². The third-order valence-corrected chi connectivity index (χ3v) is 3.93. The van der Waals surface area contributed by atoms with E-state index >= 15 is 0 Å². The van der Waals surface area contributed by atoms with Gasteiger partial charge in [-0.1, -0.05) is 32.1 Å². The van der Waals surface area contributed by atoms with Crippen LogP contribution in [-0.4, -0.2) is 16.9 Å². The summed E-state index contributed by atoms with van der Waals surface area (Å²) < 4.78 is 0. The molecule has 1 aromatic rings. The van der Waals surface area contributed by atoms with Crippen LogP contribution >= 0.6 is 0 Å². The van der Waals surface area contributed by atoms with Crippen molar-refractivity contribution < 1.29 is 4.79 Å². The van der Waals surface area contributed by atoms with E-state index in [0.29, 0.717) is 5.92 Å². The molecule has 104 valence electrons. The van der Waals surface area contributed by atoms with Crippen LogP contribution in [0.3, 0.4) is 0 Å². The first-order valence-electron chi connectivity index (χ1n) is 7.14. The molecule has 1 heterocycles. The highest BCUT2D eigenvalue weighted by molar-refractivity contribution is 5.95. The van der Waals surface area contributed by atoms with Crippen molar-refractivity contribution >= 4 is 11.6 Å². The zero-order chi connectivity index (χ0) is 13.7. The number of hydrogen-bond acceptors (Lipinski definition) is 3. The van der Waals surface area contributed by atoms with Crippen molar-refractivity contribution in [2.45, 2.75) is 51.5 Å². The van der Waals surface area contributed by atoms with E-state index in [9.17, 15) is 4.79 Å². The number of anilines is 1. The summed E-state index contributed by atoms with van der Waals surface area (Å²) in [5.41, 5.74) is 7.78. The first kappa shape index (κ1) is 14.0. The number of nitrogens with two attached hydrogens (primary N) is 1. The molecular formula is C15H23N3O. The van der Waals surface area contributed by atoms with Crippen LogP contribution < -0.4 is 11.1 Å². The van der Waals surface area contributed by atoms with Gasteiger partial charge in [0.15, 0.2) is 0 Å². The predicted molar refractivity (Wildman–Crippen MR) is 76.8 cm³/mol. The lowest BCUT2D eigenvalue weighted by atomic mass is 9.85. The highest BCUT2D eigenvalue weighted by atomic mass is 16.2. The van der Waals surface area contributed by atoms with Crippen LogP contribution in [0.1, 0.15) is 44.1 Å². The Hall–Kier alpha value is -1.42. The minimum atomic E-state index is -0.407. The quantitative estimate of drug-likeness (QED) is 0.875. The van der Waals surface area contributed by atoms with Gasteiger partial charge in [0.2, 0.25) is 5.91 Å². The van der Waals surface area contributed by atoms with E-state index in [0.717, 1.165) is 17.7 Å². The normalized spacial score (nSPS) is 18.0. The average molecular weight is 261 g/mol. The third-order valence-electron chi connectivity index (χ3n) is 3.93. The van der Waals surface area contributed by atoms with Crippen molar-refractivity contribution in [3.63, 3.8) is 0 Å². The number of aromatic nitrogens is 1. The van der Waals surface area contributed by atoms with Gasteiger partial charge in [-0.15, -0.1) is 0 Å². The highest BCUT2D eigenvalue weighted by Gasteiger charge is 2.21. The number of hydrogen-bond donors (Lipinski definition) is 2. The Balaban J connectivity index is 1.87. The molecule has 2 rings (SSSR count). The molecule has 1 saturated carbocycles. The van der Waals surface area contributed by atoms with Crippen molar-refractivity contribution in [3.05, 3.63) is 24.0 Å². The molecule has 19 heavy (non-hydrogen) atoms. The Kier molecular flexibility index (Phi) is 4.91. The zero-order valence-corrected chi connectivity index (χ0v) is 11.6. The van der Waals surface area contributed by atoms with Gasteiger partial charge in [-0.05, 0) is 30.9 Å². The summed E-state index contributed by atoms with van der Waals surface area (Å²) in [7, 11) is 0. The van der Waals surface area contributed by atoms with E-state index in [1.54, 1.807) is 18.5 Å². The molecule has 0 radical (unpaired) electrons. The summed E-state index contributed by atoms with van der Waals surface area (Å²) in [4.78, 5) is 16.1. The van der Waals surface area contributed by atoms with Crippen LogP contribution in [0.4, 0.5) is 5.69 Å². The van der Waals surface area contributed by atoms with E-state index in [1.807, 2.05) is 6.92 Å². The first-order valence-corrected chi connectivity index (χ1v) is 7.14. The number of amides is 1. The van der Waals surface area contributed by atoms with E-state index in [2.05, 4.69) is 10.3 Å². The Morgan fingerprint density at radius 2 is 2.21 bits per heavy atom. The largest absolute Gasteiger partial charge is 0.324 e. The molecule has 0 aliphatic heterocycles. The van der Waals surface area contributed by atoms with Gasteiger partial charge in [-0.2, -0.15) is 0 Å². The molecule has 0 saturated heterocycles. The number of carbonyl (C=O) groups is 1. The van der Waals surface area contributed by atoms with Gasteiger partial charge in [-0.25, -0.2) is 0 Å². The van der Waals surface area contributed by atoms with Crippen molar-refractivity contribution in [2.24, 2.45) is 11.7 Å². The minimum absolute atomic E-state index is 0.0835. The van der Waals surface area contributed by atoms with E-state index in [1.165, 1.54) is 32.1 Å². The van der Waals surface area contributed by atoms with Crippen molar-refractivity contribution in [1.82, 2.24) is 4.98 Å². The molecule has 0 spiro atoms. The fraction of sp³-hybridized carbons (Fsp3) is 0.600. The number of nitrogens with zero attached hydrogens (tertiary/aromatic N) is 1. The van der Waals surface area contributed by atoms with Crippen LogP contribution in [0, 0.1) is 12.8 Å². The standard InChI is InChI=1S/C15H23N3O/c1-11-10-17-8-7-14(11)18-15(19)13(16)9-12-5-3-2-4-6-12/h7-8,10,12-13H,2-6,9,16H2,1H3,(H,17,18,19). The Bertz CT molecular complexity index is 427. The monoisotopic (exact) mass is 261 g/mol. The minimum Gasteiger partial charge on any atom is -0.324 e. The molecule has 4 nitrogen and oxygen atoms in total. The molecule has 1 aliphatic carbocycles. The van der Waals surface area contributed by atoms with Gasteiger partial charge < -0.3 is 11.1 Å². The molecule has 3 N–H and O–H groups in total. The number of pyridine rings is 1. The maximum Gasteiger partial charge on any atom is 0.241 e. The summed E-state index contributed by atoms with van der Waals surface area (Å²) in [6.07, 6.45) is 10.5. The SMILES string of the molecule is Cc1cnccc1NC(=O)C(N)CC1CCCCC1. The summed E-state index contributed by atoms with van der Waals surface area (Å²) in [6, 6.07) is 1.40. The molecule has 1 amide bonds. The Labute approximate surface area is 114 Å². The van der Waals surface area contributed by atoms with Gasteiger partial charge in [0.1, 0.15) is 0 Å². The number of rotatable bonds is 4. The van der Waals surface area contributed by atoms with Gasteiger partial charge >= 0.3 is 0 Å². The predicted octanol–water partition coefficient (Wildman–Crippen LogP) is 2.63. The van der Waals surface area contributed by atoms with Crippen LogP contribution in [0.2, 0.25) is 0 Å². The van der Waals surface area contributed by atoms with Crippen molar-refractivity contribution in [3.8, 4) is 0 Å². The van der Waals surface area contributed by atoms with Crippen LogP contribution in [-0.2, 0) is 4.79 Å². The highest BCUT2D eigenvalue weighted by Crippen LogP contribution is 2.27. The van der Waals surface area contributed by atoms with Crippen molar-refractivity contribution in [2.75, 3.05) is 5.32 Å². The molecule has 1 atom stereocenters. The summed E-state index contributed by atoms with van der Waals surface area (Å²) >= 11 is 0. The van der Waals surface area contributed by atoms with Crippen LogP contribution in [0.5, 0.6) is 0 Å². The number of nitrogens with one attached hydrogen (secondary N) is 1. The van der Waals surface area contributed by atoms with E-state index in [4.69, 9.17) is 5.73 Å². The fourth-order valence-corrected chi connectivity index (χ4v) is 2.73. The van der Waals surface area contributed by atoms with Gasteiger partial charge in [0, 0.05) is 18.1 Å². The van der Waals surface area contributed by atoms with Gasteiger partial charge in [0.05, 0.1) is 6.04 Å². The zero-order valence-electron chi connectivity index (χ0n) is 11.6. The number of aryl methyl sites for hydroxylation is 1. The second-order valence-corrected chi connectivity index (χ2v) is 5.53. The van der Waals surface area contributed by atoms with E-state index in [-0.39, 0.29) is 5.91 Å². The second-order valence-electron chi connectivity index (χ2n) is 5.53. The molecule has 0 bridgehead atoms. The summed E-state index contributed by atoms with van der Waals surface area (Å²) in [6.45, 7) is 1.93.